The Morgan fingerprint density at radius 1 is 1.23 bits per heavy atom. The van der Waals surface area contributed by atoms with E-state index in [1.165, 1.54) is 4.68 Å². The van der Waals surface area contributed by atoms with E-state index in [2.05, 4.69) is 14.7 Å². The van der Waals surface area contributed by atoms with Gasteiger partial charge in [-0.2, -0.15) is 5.10 Å². The lowest BCUT2D eigenvalue weighted by Crippen LogP contribution is -2.38. The van der Waals surface area contributed by atoms with E-state index < -0.39 is 17.9 Å². The van der Waals surface area contributed by atoms with Gasteiger partial charge in [-0.25, -0.2) is 9.18 Å². The topological polar surface area (TPSA) is 82.9 Å². The first-order valence-electron chi connectivity index (χ1n) is 10.4. The summed E-state index contributed by atoms with van der Waals surface area (Å²) in [5.41, 5.74) is 1.29. The Morgan fingerprint density at radius 3 is 2.71 bits per heavy atom. The normalized spacial score (nSPS) is 15.5. The maximum Gasteiger partial charge on any atom is 0.349 e. The maximum absolute atomic E-state index is 14.3. The Morgan fingerprint density at radius 2 is 1.97 bits per heavy atom. The summed E-state index contributed by atoms with van der Waals surface area (Å²) in [5, 5.41) is 4.08. The maximum atomic E-state index is 14.3. The van der Waals surface area contributed by atoms with Crippen LogP contribution in [0.4, 0.5) is 4.39 Å². The Bertz CT molecular complexity index is 895. The number of nitrogens with zero attached hydrogens (tertiary/aromatic N) is 3. The third kappa shape index (κ3) is 6.11. The molecule has 0 aliphatic carbocycles. The zero-order valence-electron chi connectivity index (χ0n) is 17.9. The van der Waals surface area contributed by atoms with E-state index in [0.717, 1.165) is 38.4 Å². The molecule has 3 rings (SSSR count). The highest BCUT2D eigenvalue weighted by molar-refractivity contribution is 6.10. The molecule has 9 heteroatoms. The highest BCUT2D eigenvalue weighted by Gasteiger charge is 2.32. The third-order valence-electron chi connectivity index (χ3n) is 4.98. The number of aromatic nitrogens is 2. The fourth-order valence-electron chi connectivity index (χ4n) is 3.42. The lowest BCUT2D eigenvalue weighted by Gasteiger charge is -2.26. The van der Waals surface area contributed by atoms with E-state index in [1.54, 1.807) is 20.2 Å². The molecular formula is C22H28FN3O5. The molecule has 1 unspecified atom stereocenters. The molecule has 0 bridgehead atoms. The molecule has 0 spiro atoms. The molecule has 8 nitrogen and oxygen atoms in total. The Balaban J connectivity index is 1.70. The van der Waals surface area contributed by atoms with Gasteiger partial charge < -0.3 is 14.2 Å². The number of hydrogen-bond acceptors (Lipinski definition) is 7. The van der Waals surface area contributed by atoms with Crippen molar-refractivity contribution in [3.8, 4) is 5.75 Å². The molecule has 0 saturated carbocycles. The van der Waals surface area contributed by atoms with Crippen LogP contribution in [-0.2, 0) is 27.7 Å². The van der Waals surface area contributed by atoms with Crippen LogP contribution in [0.25, 0.3) is 0 Å². The third-order valence-corrected chi connectivity index (χ3v) is 4.98. The van der Waals surface area contributed by atoms with Crippen LogP contribution in [0.5, 0.6) is 5.75 Å². The van der Waals surface area contributed by atoms with Crippen LogP contribution in [0.15, 0.2) is 30.5 Å². The smallest absolute Gasteiger partial charge is 0.349 e. The lowest BCUT2D eigenvalue weighted by atomic mass is 10.0. The minimum Gasteiger partial charge on any atom is -0.492 e. The van der Waals surface area contributed by atoms with Crippen LogP contribution in [0, 0.1) is 0 Å². The van der Waals surface area contributed by atoms with E-state index >= 15 is 0 Å². The van der Waals surface area contributed by atoms with E-state index in [0.29, 0.717) is 24.3 Å². The predicted octanol–water partition coefficient (Wildman–Crippen LogP) is 1.81. The molecule has 0 radical (unpaired) electrons. The van der Waals surface area contributed by atoms with Crippen molar-refractivity contribution in [1.82, 2.24) is 14.7 Å². The average molecular weight is 433 g/mol. The molecule has 0 N–H and O–H groups in total. The number of rotatable bonds is 10. The van der Waals surface area contributed by atoms with Crippen LogP contribution < -0.4 is 4.74 Å². The van der Waals surface area contributed by atoms with Crippen LogP contribution in [-0.4, -0.2) is 78.7 Å². The minimum atomic E-state index is -2.39. The number of carbonyl (C=O) groups is 2. The second-order valence-corrected chi connectivity index (χ2v) is 7.24. The van der Waals surface area contributed by atoms with Gasteiger partial charge in [-0.3, -0.25) is 14.4 Å². The first kappa shape index (κ1) is 22.9. The van der Waals surface area contributed by atoms with Gasteiger partial charge >= 0.3 is 5.97 Å². The van der Waals surface area contributed by atoms with E-state index in [9.17, 15) is 14.0 Å². The van der Waals surface area contributed by atoms with Crippen molar-refractivity contribution >= 4 is 11.8 Å². The molecule has 1 aliphatic rings. The molecule has 1 aliphatic heterocycles. The summed E-state index contributed by atoms with van der Waals surface area (Å²) in [6.07, 6.45) is -0.429. The Kier molecular flexibility index (Phi) is 8.13. The summed E-state index contributed by atoms with van der Waals surface area (Å²) in [7, 11) is 1.64. The number of esters is 1. The van der Waals surface area contributed by atoms with Gasteiger partial charge in [-0.05, 0) is 18.6 Å². The number of ether oxygens (including phenoxy) is 3. The number of ketones is 1. The molecule has 1 fully saturated rings. The Hall–Kier alpha value is -2.78. The summed E-state index contributed by atoms with van der Waals surface area (Å²) >= 11 is 0. The van der Waals surface area contributed by atoms with Gasteiger partial charge in [-0.1, -0.05) is 18.2 Å². The van der Waals surface area contributed by atoms with Gasteiger partial charge in [0.2, 0.25) is 5.78 Å². The SMILES string of the molecule is CCOC(=O)C(F)C(=O)c1nn(C)cc1Cc1ccccc1OCCN1CCOCC1. The number of para-hydroxylation sites is 1. The number of hydrogen-bond donors (Lipinski definition) is 0. The zero-order chi connectivity index (χ0) is 22.2. The summed E-state index contributed by atoms with van der Waals surface area (Å²) < 4.78 is 31.7. The molecule has 1 aromatic heterocycles. The molecule has 2 aromatic rings. The average Bonchev–Trinajstić information content (AvgIpc) is 3.14. The van der Waals surface area contributed by atoms with Gasteiger partial charge in [0, 0.05) is 44.9 Å². The molecule has 1 saturated heterocycles. The second kappa shape index (κ2) is 11.0. The summed E-state index contributed by atoms with van der Waals surface area (Å²) in [4.78, 5) is 26.4. The second-order valence-electron chi connectivity index (χ2n) is 7.24. The first-order chi connectivity index (χ1) is 15.0. The standard InChI is InChI=1S/C22H28FN3O5/c1-3-30-22(28)19(23)21(27)20-17(15-25(2)24-20)14-16-6-4-5-7-18(16)31-13-10-26-8-11-29-12-9-26/h4-7,15,19H,3,8-14H2,1-2H3. The molecule has 1 atom stereocenters. The summed E-state index contributed by atoms with van der Waals surface area (Å²) in [6.45, 7) is 6.09. The molecule has 168 valence electrons. The number of benzene rings is 1. The Labute approximate surface area is 180 Å². The van der Waals surface area contributed by atoms with Gasteiger partial charge in [0.15, 0.2) is 0 Å². The zero-order valence-corrected chi connectivity index (χ0v) is 17.9. The number of Topliss-reactive ketones (excluding diaryl/α,β-unsaturated/α-hetero) is 1. The molecular weight excluding hydrogens is 405 g/mol. The first-order valence-corrected chi connectivity index (χ1v) is 10.4. The van der Waals surface area contributed by atoms with Crippen molar-refractivity contribution in [2.45, 2.75) is 19.5 Å². The summed E-state index contributed by atoms with van der Waals surface area (Å²) in [6, 6.07) is 7.51. The van der Waals surface area contributed by atoms with Gasteiger partial charge in [0.05, 0.1) is 19.8 Å². The van der Waals surface area contributed by atoms with Crippen LogP contribution in [0.3, 0.4) is 0 Å². The number of carbonyl (C=O) groups excluding carboxylic acids is 2. The molecule has 0 amide bonds. The monoisotopic (exact) mass is 433 g/mol. The van der Waals surface area contributed by atoms with Gasteiger partial charge in [-0.15, -0.1) is 0 Å². The minimum absolute atomic E-state index is 0.00320. The van der Waals surface area contributed by atoms with Crippen LogP contribution in [0.1, 0.15) is 28.5 Å². The highest BCUT2D eigenvalue weighted by atomic mass is 19.1. The number of aryl methyl sites for hydroxylation is 1. The van der Waals surface area contributed by atoms with Gasteiger partial charge in [0.1, 0.15) is 18.1 Å². The molecule has 1 aromatic carbocycles. The highest BCUT2D eigenvalue weighted by Crippen LogP contribution is 2.24. The van der Waals surface area contributed by atoms with Crippen LogP contribution >= 0.6 is 0 Å². The van der Waals surface area contributed by atoms with Crippen molar-refractivity contribution in [2.75, 3.05) is 46.1 Å². The van der Waals surface area contributed by atoms with E-state index in [4.69, 9.17) is 9.47 Å². The van der Waals surface area contributed by atoms with Crippen molar-refractivity contribution in [1.29, 1.82) is 0 Å². The largest absolute Gasteiger partial charge is 0.492 e. The number of halogens is 1. The molecule has 2 heterocycles. The number of alkyl halides is 1. The lowest BCUT2D eigenvalue weighted by molar-refractivity contribution is -0.147. The van der Waals surface area contributed by atoms with Crippen LogP contribution in [0.2, 0.25) is 0 Å². The van der Waals surface area contributed by atoms with Crippen molar-refractivity contribution in [3.63, 3.8) is 0 Å². The van der Waals surface area contributed by atoms with Crippen molar-refractivity contribution < 1.29 is 28.2 Å². The summed E-state index contributed by atoms with van der Waals surface area (Å²) in [5.74, 6) is -1.50. The van der Waals surface area contributed by atoms with E-state index in [-0.39, 0.29) is 12.3 Å². The van der Waals surface area contributed by atoms with Crippen molar-refractivity contribution in [2.24, 2.45) is 7.05 Å². The molecule has 31 heavy (non-hydrogen) atoms. The number of morpholine rings is 1. The fourth-order valence-corrected chi connectivity index (χ4v) is 3.42. The van der Waals surface area contributed by atoms with Crippen molar-refractivity contribution in [3.05, 3.63) is 47.3 Å². The fraction of sp³-hybridized carbons (Fsp3) is 0.500. The van der Waals surface area contributed by atoms with Gasteiger partial charge in [0.25, 0.3) is 6.17 Å². The van der Waals surface area contributed by atoms with E-state index in [1.807, 2.05) is 24.3 Å². The quantitative estimate of drug-likeness (QED) is 0.321. The predicted molar refractivity (Wildman–Crippen MR) is 111 cm³/mol.